The van der Waals surface area contributed by atoms with Gasteiger partial charge in [0.05, 0.1) is 11.8 Å². The van der Waals surface area contributed by atoms with E-state index < -0.39 is 21.8 Å². The van der Waals surface area contributed by atoms with Crippen LogP contribution < -0.4 is 4.72 Å². The van der Waals surface area contributed by atoms with Crippen molar-refractivity contribution in [2.45, 2.75) is 19.0 Å². The molecule has 3 nitrogen and oxygen atoms in total. The molecule has 0 fully saturated rings. The monoisotopic (exact) mass is 443 g/mol. The Morgan fingerprint density at radius 3 is 2.32 bits per heavy atom. The molecular weight excluding hydrogens is 423 g/mol. The lowest BCUT2D eigenvalue weighted by Gasteiger charge is -2.15. The van der Waals surface area contributed by atoms with Crippen LogP contribution in [0.2, 0.25) is 0 Å². The SMILES string of the molecule is CS(=O)(=O)Nc1cccc(C=C2c3ccccc3CCc3cc(C(F)(F)F)ccc32)c1. The molecule has 3 aromatic rings. The quantitative estimate of drug-likeness (QED) is 0.559. The van der Waals surface area contributed by atoms with Crippen LogP contribution in [0.25, 0.3) is 11.6 Å². The van der Waals surface area contributed by atoms with Crippen molar-refractivity contribution in [1.82, 2.24) is 0 Å². The maximum Gasteiger partial charge on any atom is 0.416 e. The Morgan fingerprint density at radius 1 is 0.871 bits per heavy atom. The topological polar surface area (TPSA) is 46.2 Å². The molecule has 0 heterocycles. The average molecular weight is 443 g/mol. The molecule has 0 saturated heterocycles. The van der Waals surface area contributed by atoms with Crippen molar-refractivity contribution in [3.05, 3.63) is 100 Å². The average Bonchev–Trinajstić information content (AvgIpc) is 2.83. The number of anilines is 1. The summed E-state index contributed by atoms with van der Waals surface area (Å²) in [6.07, 6.45) is -0.289. The fourth-order valence-electron chi connectivity index (χ4n) is 3.88. The molecule has 0 unspecified atom stereocenters. The molecule has 3 aromatic carbocycles. The molecule has 1 aliphatic rings. The van der Waals surface area contributed by atoms with Crippen molar-refractivity contribution in [3.63, 3.8) is 0 Å². The minimum atomic E-state index is -4.40. The number of hydrogen-bond donors (Lipinski definition) is 1. The summed E-state index contributed by atoms with van der Waals surface area (Å²) in [5, 5.41) is 0. The van der Waals surface area contributed by atoms with Crippen molar-refractivity contribution in [2.75, 3.05) is 11.0 Å². The lowest BCUT2D eigenvalue weighted by molar-refractivity contribution is -0.137. The first-order valence-electron chi connectivity index (χ1n) is 9.68. The van der Waals surface area contributed by atoms with E-state index in [2.05, 4.69) is 4.72 Å². The summed E-state index contributed by atoms with van der Waals surface area (Å²) in [4.78, 5) is 0. The molecule has 7 heteroatoms. The van der Waals surface area contributed by atoms with E-state index in [-0.39, 0.29) is 0 Å². The van der Waals surface area contributed by atoms with Gasteiger partial charge in [-0.2, -0.15) is 13.2 Å². The second kappa shape index (κ2) is 7.89. The summed E-state index contributed by atoms with van der Waals surface area (Å²) in [6.45, 7) is 0. The molecule has 0 spiro atoms. The predicted octanol–water partition coefficient (Wildman–Crippen LogP) is 5.76. The minimum Gasteiger partial charge on any atom is -0.284 e. The second-order valence-electron chi connectivity index (χ2n) is 7.58. The highest BCUT2D eigenvalue weighted by molar-refractivity contribution is 7.92. The molecule has 0 saturated carbocycles. The smallest absolute Gasteiger partial charge is 0.284 e. The van der Waals surface area contributed by atoms with Crippen LogP contribution >= 0.6 is 0 Å². The van der Waals surface area contributed by atoms with Gasteiger partial charge in [-0.15, -0.1) is 0 Å². The van der Waals surface area contributed by atoms with Gasteiger partial charge in [0.25, 0.3) is 0 Å². The summed E-state index contributed by atoms with van der Waals surface area (Å²) in [6, 6.07) is 18.6. The molecule has 1 aliphatic carbocycles. The van der Waals surface area contributed by atoms with E-state index in [0.717, 1.165) is 40.1 Å². The zero-order valence-corrected chi connectivity index (χ0v) is 17.5. The number of benzene rings is 3. The first kappa shape index (κ1) is 21.2. The first-order chi connectivity index (χ1) is 14.6. The van der Waals surface area contributed by atoms with Crippen LogP contribution in [0.3, 0.4) is 0 Å². The lowest BCUT2D eigenvalue weighted by Crippen LogP contribution is -2.09. The Balaban J connectivity index is 1.88. The summed E-state index contributed by atoms with van der Waals surface area (Å²) in [7, 11) is -3.43. The van der Waals surface area contributed by atoms with E-state index in [1.54, 1.807) is 18.2 Å². The first-order valence-corrected chi connectivity index (χ1v) is 11.6. The number of nitrogens with one attached hydrogen (secondary N) is 1. The normalized spacial score (nSPS) is 15.2. The standard InChI is InChI=1S/C24H20F3NO2S/c1-31(29,30)28-20-7-4-5-16(13-20)14-23-21-8-3-2-6-17(21)9-10-18-15-19(24(25,26)27)11-12-22(18)23/h2-8,11-15,28H,9-10H2,1H3. The highest BCUT2D eigenvalue weighted by Crippen LogP contribution is 2.38. The van der Waals surface area contributed by atoms with Gasteiger partial charge in [0, 0.05) is 5.69 Å². The molecule has 0 aromatic heterocycles. The van der Waals surface area contributed by atoms with Crippen molar-refractivity contribution >= 4 is 27.4 Å². The summed E-state index contributed by atoms with van der Waals surface area (Å²) in [5.41, 5.74) is 4.73. The van der Waals surface area contributed by atoms with Crippen LogP contribution in [0.5, 0.6) is 0 Å². The molecule has 31 heavy (non-hydrogen) atoms. The molecule has 160 valence electrons. The summed E-state index contributed by atoms with van der Waals surface area (Å²) < 4.78 is 65.4. The lowest BCUT2D eigenvalue weighted by atomic mass is 9.91. The highest BCUT2D eigenvalue weighted by Gasteiger charge is 2.31. The van der Waals surface area contributed by atoms with Gasteiger partial charge >= 0.3 is 6.18 Å². The maximum absolute atomic E-state index is 13.3. The Hall–Kier alpha value is -3.06. The van der Waals surface area contributed by atoms with Gasteiger partial charge in [-0.3, -0.25) is 4.72 Å². The number of hydrogen-bond acceptors (Lipinski definition) is 2. The van der Waals surface area contributed by atoms with Crippen molar-refractivity contribution < 1.29 is 21.6 Å². The van der Waals surface area contributed by atoms with Crippen LogP contribution in [0.1, 0.15) is 33.4 Å². The summed E-state index contributed by atoms with van der Waals surface area (Å²) in [5.74, 6) is 0. The molecule has 0 radical (unpaired) electrons. The number of halogens is 3. The van der Waals surface area contributed by atoms with Crippen LogP contribution in [0.15, 0.2) is 66.7 Å². The summed E-state index contributed by atoms with van der Waals surface area (Å²) >= 11 is 0. The Kier molecular flexibility index (Phi) is 5.39. The van der Waals surface area contributed by atoms with Gasteiger partial charge < -0.3 is 0 Å². The van der Waals surface area contributed by atoms with E-state index >= 15 is 0 Å². The number of rotatable bonds is 3. The van der Waals surface area contributed by atoms with Gasteiger partial charge in [-0.05, 0) is 76.6 Å². The fraction of sp³-hybridized carbons (Fsp3) is 0.167. The predicted molar refractivity (Wildman–Crippen MR) is 117 cm³/mol. The third-order valence-corrected chi connectivity index (χ3v) is 5.80. The highest BCUT2D eigenvalue weighted by atomic mass is 32.2. The van der Waals surface area contributed by atoms with Gasteiger partial charge in [0.15, 0.2) is 0 Å². The van der Waals surface area contributed by atoms with Crippen LogP contribution in [0, 0.1) is 0 Å². The number of alkyl halides is 3. The van der Waals surface area contributed by atoms with E-state index in [4.69, 9.17) is 0 Å². The van der Waals surface area contributed by atoms with E-state index in [0.29, 0.717) is 24.1 Å². The second-order valence-corrected chi connectivity index (χ2v) is 9.33. The van der Waals surface area contributed by atoms with Crippen molar-refractivity contribution in [2.24, 2.45) is 0 Å². The molecular formula is C24H20F3NO2S. The number of sulfonamides is 1. The van der Waals surface area contributed by atoms with Crippen molar-refractivity contribution in [3.8, 4) is 0 Å². The Morgan fingerprint density at radius 2 is 1.58 bits per heavy atom. The minimum absolute atomic E-state index is 0.423. The maximum atomic E-state index is 13.3. The number of fused-ring (bicyclic) bond motifs is 2. The van der Waals surface area contributed by atoms with Gasteiger partial charge in [0.2, 0.25) is 10.0 Å². The molecule has 0 atom stereocenters. The van der Waals surface area contributed by atoms with E-state index in [9.17, 15) is 21.6 Å². The molecule has 4 rings (SSSR count). The molecule has 0 amide bonds. The van der Waals surface area contributed by atoms with Crippen LogP contribution in [-0.2, 0) is 29.0 Å². The third-order valence-electron chi connectivity index (χ3n) is 5.19. The zero-order chi connectivity index (χ0) is 22.2. The largest absolute Gasteiger partial charge is 0.416 e. The van der Waals surface area contributed by atoms with Gasteiger partial charge in [-0.25, -0.2) is 8.42 Å². The fourth-order valence-corrected chi connectivity index (χ4v) is 4.44. The van der Waals surface area contributed by atoms with Gasteiger partial charge in [-0.1, -0.05) is 42.5 Å². The van der Waals surface area contributed by atoms with E-state index in [1.807, 2.05) is 36.4 Å². The van der Waals surface area contributed by atoms with Crippen molar-refractivity contribution in [1.29, 1.82) is 0 Å². The zero-order valence-electron chi connectivity index (χ0n) is 16.7. The Labute approximate surface area is 179 Å². The Bertz CT molecular complexity index is 1280. The molecule has 0 aliphatic heterocycles. The molecule has 1 N–H and O–H groups in total. The molecule has 0 bridgehead atoms. The number of aryl methyl sites for hydroxylation is 2. The van der Waals surface area contributed by atoms with Gasteiger partial charge in [0.1, 0.15) is 0 Å². The van der Waals surface area contributed by atoms with Crippen LogP contribution in [0.4, 0.5) is 18.9 Å². The van der Waals surface area contributed by atoms with Crippen LogP contribution in [-0.4, -0.2) is 14.7 Å². The van der Waals surface area contributed by atoms with E-state index in [1.165, 1.54) is 12.1 Å². The third kappa shape index (κ3) is 4.82.